The van der Waals surface area contributed by atoms with Gasteiger partial charge in [-0.05, 0) is 94.7 Å². The predicted octanol–water partition coefficient (Wildman–Crippen LogP) is 4.91. The number of phenolic OH excluding ortho intramolecular Hbond substituents is 1. The highest BCUT2D eigenvalue weighted by Crippen LogP contribution is 2.59. The van der Waals surface area contributed by atoms with Crippen LogP contribution in [0.25, 0.3) is 6.08 Å². The number of allylic oxidation sites excluding steroid dienone is 1. The summed E-state index contributed by atoms with van der Waals surface area (Å²) in [5, 5.41) is 25.3. The van der Waals surface area contributed by atoms with Crippen molar-refractivity contribution in [2.75, 3.05) is 13.2 Å². The number of ether oxygens (including phenoxy) is 4. The Bertz CT molecular complexity index is 1730. The van der Waals surface area contributed by atoms with Crippen molar-refractivity contribution in [3.8, 4) is 5.75 Å². The van der Waals surface area contributed by atoms with E-state index in [1.165, 1.54) is 0 Å². The van der Waals surface area contributed by atoms with Gasteiger partial charge in [0.05, 0.1) is 18.2 Å². The van der Waals surface area contributed by atoms with E-state index in [0.29, 0.717) is 17.6 Å². The number of aromatic hydroxyl groups is 1. The lowest BCUT2D eigenvalue weighted by molar-refractivity contribution is -0.209. The van der Waals surface area contributed by atoms with Gasteiger partial charge in [-0.2, -0.15) is 0 Å². The van der Waals surface area contributed by atoms with Crippen LogP contribution in [-0.4, -0.2) is 82.9 Å². The highest BCUT2D eigenvalue weighted by Gasteiger charge is 2.64. The van der Waals surface area contributed by atoms with Crippen LogP contribution < -0.4 is 10.6 Å². The van der Waals surface area contributed by atoms with Crippen molar-refractivity contribution in [2.24, 2.45) is 11.8 Å². The normalized spacial score (nSPS) is 22.5. The summed E-state index contributed by atoms with van der Waals surface area (Å²) < 4.78 is 24.7. The van der Waals surface area contributed by atoms with Crippen LogP contribution >= 0.6 is 0 Å². The van der Waals surface area contributed by atoms with Crippen LogP contribution in [0.4, 0.5) is 0 Å². The monoisotopic (exact) mass is 744 g/mol. The molecule has 1 saturated heterocycles. The zero-order chi connectivity index (χ0) is 38.5. The first-order valence-corrected chi connectivity index (χ1v) is 19.0. The molecule has 290 valence electrons. The van der Waals surface area contributed by atoms with Gasteiger partial charge in [0.15, 0.2) is 5.79 Å². The number of amides is 2. The van der Waals surface area contributed by atoms with Crippen molar-refractivity contribution >= 4 is 29.8 Å². The van der Waals surface area contributed by atoms with Gasteiger partial charge in [-0.15, -0.1) is 0 Å². The molecular weight excluding hydrogens is 692 g/mol. The number of rotatable bonds is 16. The molecule has 2 amide bonds. The molecule has 2 saturated carbocycles. The van der Waals surface area contributed by atoms with Crippen LogP contribution in [0.1, 0.15) is 93.6 Å². The topological polar surface area (TPSA) is 170 Å². The molecule has 1 aliphatic heterocycles. The molecule has 6 rings (SSSR count). The molecule has 0 aromatic heterocycles. The molecule has 54 heavy (non-hydrogen) atoms. The van der Waals surface area contributed by atoms with E-state index >= 15 is 0 Å². The minimum Gasteiger partial charge on any atom is -0.508 e. The summed E-state index contributed by atoms with van der Waals surface area (Å²) in [6, 6.07) is 13.6. The Kier molecular flexibility index (Phi) is 12.2. The van der Waals surface area contributed by atoms with E-state index in [1.54, 1.807) is 51.1 Å². The number of aliphatic hydroxyl groups is 1. The lowest BCUT2D eigenvalue weighted by Gasteiger charge is -2.31. The van der Waals surface area contributed by atoms with Crippen LogP contribution in [0.3, 0.4) is 0 Å². The second kappa shape index (κ2) is 16.9. The third kappa shape index (κ3) is 10.2. The first-order valence-electron chi connectivity index (χ1n) is 19.0. The van der Waals surface area contributed by atoms with Crippen molar-refractivity contribution in [3.63, 3.8) is 0 Å². The molecular formula is C42H52N2O10. The fourth-order valence-corrected chi connectivity index (χ4v) is 7.11. The average Bonchev–Trinajstić information content (AvgIpc) is 4.08. The van der Waals surface area contributed by atoms with E-state index in [2.05, 4.69) is 10.6 Å². The standard InChI is InChI=1S/C42H52N2O10/c1-41(2,3)53-37(48)20-19-32(25-45)44-36(47)21-22-43-39(49)29-23-34(38-35(24-29)52-42(54-38,30-15-16-30)31-17-18-31)51-40(50)28-13-11-26(12-14-28)7-6-9-27-8-4-5-10-33(27)46/h4-8,10-14,24,30-32,34-35,38,45-46H,9,15-23,25H2,1-3H3,(H,43,49)(H,44,47). The summed E-state index contributed by atoms with van der Waals surface area (Å²) in [5.74, 6) is -1.68. The van der Waals surface area contributed by atoms with Crippen LogP contribution in [0.5, 0.6) is 5.75 Å². The zero-order valence-electron chi connectivity index (χ0n) is 31.3. The molecule has 2 aromatic carbocycles. The van der Waals surface area contributed by atoms with Gasteiger partial charge in [-0.1, -0.05) is 42.5 Å². The fourth-order valence-electron chi connectivity index (χ4n) is 7.11. The number of hydrogen-bond acceptors (Lipinski definition) is 10. The highest BCUT2D eigenvalue weighted by molar-refractivity contribution is 5.94. The maximum absolute atomic E-state index is 13.5. The van der Waals surface area contributed by atoms with Gasteiger partial charge in [0.25, 0.3) is 0 Å². The zero-order valence-corrected chi connectivity index (χ0v) is 31.3. The molecule has 2 aromatic rings. The molecule has 4 atom stereocenters. The number of hydrogen-bond donors (Lipinski definition) is 4. The Morgan fingerprint density at radius 2 is 1.69 bits per heavy atom. The van der Waals surface area contributed by atoms with E-state index in [9.17, 15) is 29.4 Å². The van der Waals surface area contributed by atoms with Crippen molar-refractivity contribution in [3.05, 3.63) is 82.9 Å². The predicted molar refractivity (Wildman–Crippen MR) is 199 cm³/mol. The highest BCUT2D eigenvalue weighted by atomic mass is 16.8. The molecule has 3 aliphatic carbocycles. The minimum absolute atomic E-state index is 0.0313. The Labute approximate surface area is 316 Å². The molecule has 0 radical (unpaired) electrons. The Hall–Kier alpha value is -4.52. The van der Waals surface area contributed by atoms with Gasteiger partial charge in [-0.25, -0.2) is 4.79 Å². The molecule has 3 fully saturated rings. The third-order valence-corrected chi connectivity index (χ3v) is 10.1. The minimum atomic E-state index is -0.774. The summed E-state index contributed by atoms with van der Waals surface area (Å²) in [7, 11) is 0. The number of aliphatic hydroxyl groups excluding tert-OH is 1. The number of carbonyl (C=O) groups is 4. The molecule has 4 aliphatic rings. The van der Waals surface area contributed by atoms with E-state index in [4.69, 9.17) is 18.9 Å². The summed E-state index contributed by atoms with van der Waals surface area (Å²) in [6.07, 6.45) is 8.63. The lowest BCUT2D eigenvalue weighted by atomic mass is 9.91. The first-order chi connectivity index (χ1) is 25.8. The summed E-state index contributed by atoms with van der Waals surface area (Å²) >= 11 is 0. The number of phenols is 1. The van der Waals surface area contributed by atoms with Gasteiger partial charge in [0.2, 0.25) is 11.8 Å². The summed E-state index contributed by atoms with van der Waals surface area (Å²) in [5.41, 5.74) is 1.82. The summed E-state index contributed by atoms with van der Waals surface area (Å²) in [4.78, 5) is 51.7. The number of fused-ring (bicyclic) bond motifs is 1. The van der Waals surface area contributed by atoms with E-state index < -0.39 is 53.6 Å². The fraction of sp³-hybridized carbons (Fsp3) is 0.524. The molecule has 0 bridgehead atoms. The number of para-hydroxylation sites is 1. The van der Waals surface area contributed by atoms with Crippen molar-refractivity contribution in [1.29, 1.82) is 0 Å². The molecule has 12 nitrogen and oxygen atoms in total. The molecule has 12 heteroatoms. The van der Waals surface area contributed by atoms with Gasteiger partial charge in [0, 0.05) is 43.2 Å². The number of benzene rings is 2. The second-order valence-electron chi connectivity index (χ2n) is 15.7. The van der Waals surface area contributed by atoms with Crippen molar-refractivity contribution in [2.45, 2.75) is 114 Å². The molecule has 4 unspecified atom stereocenters. The smallest absolute Gasteiger partial charge is 0.338 e. The maximum Gasteiger partial charge on any atom is 0.338 e. The van der Waals surface area contributed by atoms with Crippen LogP contribution in [0, 0.1) is 11.8 Å². The van der Waals surface area contributed by atoms with Crippen LogP contribution in [-0.2, 0) is 39.8 Å². The van der Waals surface area contributed by atoms with Gasteiger partial charge >= 0.3 is 11.9 Å². The van der Waals surface area contributed by atoms with Gasteiger partial charge in [0.1, 0.15) is 29.7 Å². The van der Waals surface area contributed by atoms with E-state index in [0.717, 1.165) is 36.8 Å². The molecule has 0 spiro atoms. The van der Waals surface area contributed by atoms with Gasteiger partial charge < -0.3 is 39.8 Å². The third-order valence-electron chi connectivity index (χ3n) is 10.1. The Balaban J connectivity index is 1.05. The largest absolute Gasteiger partial charge is 0.508 e. The number of esters is 2. The van der Waals surface area contributed by atoms with Crippen LogP contribution in [0.15, 0.2) is 66.3 Å². The number of nitrogens with one attached hydrogen (secondary N) is 2. The number of carbonyl (C=O) groups excluding carboxylic acids is 4. The molecule has 4 N–H and O–H groups in total. The van der Waals surface area contributed by atoms with E-state index in [1.807, 2.05) is 36.4 Å². The van der Waals surface area contributed by atoms with Crippen molar-refractivity contribution in [1.82, 2.24) is 10.6 Å². The Morgan fingerprint density at radius 3 is 2.33 bits per heavy atom. The van der Waals surface area contributed by atoms with Gasteiger partial charge in [-0.3, -0.25) is 14.4 Å². The molecule has 1 heterocycles. The Morgan fingerprint density at radius 1 is 0.981 bits per heavy atom. The SMILES string of the molecule is CC(C)(C)OC(=O)CCC(CO)NC(=O)CCNC(=O)C1=CC2OC(C3CC3)(C3CC3)OC2C(OC(=O)c2ccc(C=CCc3ccccc3O)cc2)C1. The van der Waals surface area contributed by atoms with Crippen LogP contribution in [0.2, 0.25) is 0 Å². The first kappa shape index (κ1) is 39.2. The average molecular weight is 745 g/mol. The van der Waals surface area contributed by atoms with E-state index in [-0.39, 0.29) is 62.3 Å². The van der Waals surface area contributed by atoms with Crippen molar-refractivity contribution < 1.29 is 48.3 Å². The maximum atomic E-state index is 13.5. The second-order valence-corrected chi connectivity index (χ2v) is 15.7. The quantitative estimate of drug-likeness (QED) is 0.173. The summed E-state index contributed by atoms with van der Waals surface area (Å²) in [6.45, 7) is 4.99. The lowest BCUT2D eigenvalue weighted by Crippen LogP contribution is -2.44.